The molecule has 0 aliphatic carbocycles. The Bertz CT molecular complexity index is 331. The van der Waals surface area contributed by atoms with Crippen molar-refractivity contribution in [2.24, 2.45) is 0 Å². The Kier molecular flexibility index (Phi) is 5.79. The molecule has 0 bridgehead atoms. The summed E-state index contributed by atoms with van der Waals surface area (Å²) in [5.41, 5.74) is 1.12. The molecule has 1 rings (SSSR count). The summed E-state index contributed by atoms with van der Waals surface area (Å²) in [6.07, 6.45) is 8.88. The van der Waals surface area contributed by atoms with E-state index in [0.717, 1.165) is 36.1 Å². The Morgan fingerprint density at radius 3 is 2.73 bits per heavy atom. The fraction of sp³-hybridized carbons (Fsp3) is 0.308. The van der Waals surface area contributed by atoms with E-state index < -0.39 is 0 Å². The molecule has 80 valence electrons. The van der Waals surface area contributed by atoms with Crippen LogP contribution in [0.5, 0.6) is 0 Å². The minimum absolute atomic E-state index is 0.672. The minimum Gasteiger partial charge on any atom is -0.303 e. The molecule has 0 radical (unpaired) electrons. The summed E-state index contributed by atoms with van der Waals surface area (Å²) in [5.74, 6) is 0. The number of allylic oxidation sites excluding steroid dienone is 1. The van der Waals surface area contributed by atoms with Gasteiger partial charge in [0.25, 0.3) is 0 Å². The van der Waals surface area contributed by atoms with Gasteiger partial charge < -0.3 is 4.79 Å². The van der Waals surface area contributed by atoms with Crippen molar-refractivity contribution in [1.29, 1.82) is 0 Å². The number of hydrogen-bond donors (Lipinski definition) is 0. The Morgan fingerprint density at radius 2 is 2.00 bits per heavy atom. The van der Waals surface area contributed by atoms with Crippen molar-refractivity contribution in [3.05, 3.63) is 40.9 Å². The zero-order valence-electron chi connectivity index (χ0n) is 8.66. The molecule has 0 heterocycles. The fourth-order valence-electron chi connectivity index (χ4n) is 1.32. The van der Waals surface area contributed by atoms with E-state index in [1.54, 1.807) is 0 Å². The lowest BCUT2D eigenvalue weighted by atomic mass is 10.1. The molecule has 15 heavy (non-hydrogen) atoms. The van der Waals surface area contributed by atoms with Crippen LogP contribution in [0.1, 0.15) is 31.2 Å². The first-order chi connectivity index (χ1) is 7.33. The number of unbranched alkanes of at least 4 members (excludes halogenated alkanes) is 3. The van der Waals surface area contributed by atoms with Crippen LogP contribution in [-0.2, 0) is 4.79 Å². The summed E-state index contributed by atoms with van der Waals surface area (Å²) in [6, 6.07) is 7.76. The Hall–Kier alpha value is -1.08. The van der Waals surface area contributed by atoms with Crippen LogP contribution in [0.2, 0.25) is 5.02 Å². The number of hydrogen-bond acceptors (Lipinski definition) is 1. The molecule has 0 spiro atoms. The van der Waals surface area contributed by atoms with Crippen LogP contribution in [0, 0.1) is 0 Å². The molecule has 0 atom stereocenters. The highest BCUT2D eigenvalue weighted by atomic mass is 35.5. The predicted molar refractivity (Wildman–Crippen MR) is 65.0 cm³/mol. The SMILES string of the molecule is O=CCCCCC=Cc1cccc(Cl)c1. The van der Waals surface area contributed by atoms with Crippen LogP contribution in [0.3, 0.4) is 0 Å². The van der Waals surface area contributed by atoms with Gasteiger partial charge in [-0.1, -0.05) is 35.9 Å². The van der Waals surface area contributed by atoms with Crippen LogP contribution in [-0.4, -0.2) is 6.29 Å². The second-order valence-corrected chi connectivity index (χ2v) is 3.84. The monoisotopic (exact) mass is 222 g/mol. The van der Waals surface area contributed by atoms with Gasteiger partial charge in [-0.3, -0.25) is 0 Å². The van der Waals surface area contributed by atoms with Crippen molar-refractivity contribution in [1.82, 2.24) is 0 Å². The highest BCUT2D eigenvalue weighted by Gasteiger charge is 1.88. The van der Waals surface area contributed by atoms with Crippen molar-refractivity contribution in [2.75, 3.05) is 0 Å². The van der Waals surface area contributed by atoms with Gasteiger partial charge in [0.05, 0.1) is 0 Å². The molecule has 0 fully saturated rings. The molecule has 1 aromatic rings. The molecule has 1 nitrogen and oxygen atoms in total. The van der Waals surface area contributed by atoms with E-state index in [0.29, 0.717) is 6.42 Å². The van der Waals surface area contributed by atoms with Gasteiger partial charge in [0.2, 0.25) is 0 Å². The molecular weight excluding hydrogens is 208 g/mol. The number of aldehydes is 1. The molecule has 0 amide bonds. The lowest BCUT2D eigenvalue weighted by Gasteiger charge is -1.94. The number of carbonyl (C=O) groups is 1. The van der Waals surface area contributed by atoms with E-state index in [1.165, 1.54) is 0 Å². The van der Waals surface area contributed by atoms with E-state index in [4.69, 9.17) is 11.6 Å². The van der Waals surface area contributed by atoms with Gasteiger partial charge in [0.1, 0.15) is 6.29 Å². The van der Waals surface area contributed by atoms with E-state index in [1.807, 2.05) is 24.3 Å². The highest BCUT2D eigenvalue weighted by molar-refractivity contribution is 6.30. The van der Waals surface area contributed by atoms with Gasteiger partial charge in [-0.25, -0.2) is 0 Å². The highest BCUT2D eigenvalue weighted by Crippen LogP contribution is 2.12. The van der Waals surface area contributed by atoms with Gasteiger partial charge in [-0.05, 0) is 37.0 Å². The van der Waals surface area contributed by atoms with E-state index in [2.05, 4.69) is 12.2 Å². The van der Waals surface area contributed by atoms with Gasteiger partial charge >= 0.3 is 0 Å². The molecule has 0 saturated carbocycles. The first-order valence-electron chi connectivity index (χ1n) is 5.18. The zero-order valence-corrected chi connectivity index (χ0v) is 9.41. The summed E-state index contributed by atoms with van der Waals surface area (Å²) in [7, 11) is 0. The second-order valence-electron chi connectivity index (χ2n) is 3.41. The molecular formula is C13H15ClO. The fourth-order valence-corrected chi connectivity index (χ4v) is 1.52. The van der Waals surface area contributed by atoms with Crippen LogP contribution in [0.4, 0.5) is 0 Å². The summed E-state index contributed by atoms with van der Waals surface area (Å²) in [4.78, 5) is 10.1. The van der Waals surface area contributed by atoms with Crippen molar-refractivity contribution >= 4 is 24.0 Å². The third-order valence-corrected chi connectivity index (χ3v) is 2.34. The maximum atomic E-state index is 10.1. The summed E-state index contributed by atoms with van der Waals surface area (Å²) in [5, 5.41) is 0.762. The normalized spacial score (nSPS) is 10.7. The second kappa shape index (κ2) is 7.24. The number of carbonyl (C=O) groups excluding carboxylic acids is 1. The van der Waals surface area contributed by atoms with Gasteiger partial charge in [0, 0.05) is 11.4 Å². The minimum atomic E-state index is 0.672. The van der Waals surface area contributed by atoms with Gasteiger partial charge in [-0.2, -0.15) is 0 Å². The topological polar surface area (TPSA) is 17.1 Å². The first kappa shape index (κ1) is 12.0. The Morgan fingerprint density at radius 1 is 1.20 bits per heavy atom. The summed E-state index contributed by atoms with van der Waals surface area (Å²) >= 11 is 5.85. The molecule has 0 unspecified atom stereocenters. The third-order valence-electron chi connectivity index (χ3n) is 2.10. The number of benzene rings is 1. The molecule has 0 N–H and O–H groups in total. The van der Waals surface area contributed by atoms with Crippen LogP contribution < -0.4 is 0 Å². The molecule has 0 saturated heterocycles. The van der Waals surface area contributed by atoms with Gasteiger partial charge in [0.15, 0.2) is 0 Å². The first-order valence-corrected chi connectivity index (χ1v) is 5.56. The maximum Gasteiger partial charge on any atom is 0.119 e. The van der Waals surface area contributed by atoms with E-state index in [-0.39, 0.29) is 0 Å². The molecule has 2 heteroatoms. The average Bonchev–Trinajstić information content (AvgIpc) is 2.23. The molecule has 1 aromatic carbocycles. The van der Waals surface area contributed by atoms with Crippen molar-refractivity contribution in [3.63, 3.8) is 0 Å². The Labute approximate surface area is 95.8 Å². The maximum absolute atomic E-state index is 10.1. The van der Waals surface area contributed by atoms with E-state index >= 15 is 0 Å². The van der Waals surface area contributed by atoms with Gasteiger partial charge in [-0.15, -0.1) is 0 Å². The predicted octanol–water partition coefficient (Wildman–Crippen LogP) is 4.11. The Balaban J connectivity index is 2.28. The lowest BCUT2D eigenvalue weighted by Crippen LogP contribution is -1.76. The van der Waals surface area contributed by atoms with Crippen molar-refractivity contribution in [2.45, 2.75) is 25.7 Å². The summed E-state index contributed by atoms with van der Waals surface area (Å²) < 4.78 is 0. The lowest BCUT2D eigenvalue weighted by molar-refractivity contribution is -0.107. The van der Waals surface area contributed by atoms with Crippen molar-refractivity contribution in [3.8, 4) is 0 Å². The largest absolute Gasteiger partial charge is 0.303 e. The quantitative estimate of drug-likeness (QED) is 0.523. The summed E-state index contributed by atoms with van der Waals surface area (Å²) in [6.45, 7) is 0. The smallest absolute Gasteiger partial charge is 0.119 e. The number of halogens is 1. The third kappa shape index (κ3) is 5.38. The van der Waals surface area contributed by atoms with Crippen LogP contribution in [0.25, 0.3) is 6.08 Å². The standard InChI is InChI=1S/C13H15ClO/c14-13-9-6-8-12(11-13)7-4-2-1-3-5-10-15/h4,6-11H,1-3,5H2. The zero-order chi connectivity index (χ0) is 10.9. The number of rotatable bonds is 6. The van der Waals surface area contributed by atoms with Crippen LogP contribution in [0.15, 0.2) is 30.3 Å². The molecule has 0 aliphatic rings. The molecule has 0 aliphatic heterocycles. The van der Waals surface area contributed by atoms with E-state index in [9.17, 15) is 4.79 Å². The molecule has 0 aromatic heterocycles. The van der Waals surface area contributed by atoms with Crippen molar-refractivity contribution < 1.29 is 4.79 Å². The average molecular weight is 223 g/mol. The van der Waals surface area contributed by atoms with Crippen LogP contribution >= 0.6 is 11.6 Å².